The molecule has 0 aromatic carbocycles. The van der Waals surface area contributed by atoms with Crippen LogP contribution in [0.3, 0.4) is 0 Å². The summed E-state index contributed by atoms with van der Waals surface area (Å²) in [5.41, 5.74) is -0.541. The van der Waals surface area contributed by atoms with Crippen molar-refractivity contribution in [2.75, 3.05) is 31.0 Å². The van der Waals surface area contributed by atoms with Gasteiger partial charge in [0.2, 0.25) is 0 Å². The second-order valence-electron chi connectivity index (χ2n) is 10.1. The third-order valence-corrected chi connectivity index (χ3v) is 5.94. The summed E-state index contributed by atoms with van der Waals surface area (Å²) >= 11 is 0. The molecule has 1 fully saturated rings. The molecule has 3 N–H and O–H groups in total. The highest BCUT2D eigenvalue weighted by Gasteiger charge is 2.34. The lowest BCUT2D eigenvalue weighted by atomic mass is 9.77. The lowest BCUT2D eigenvalue weighted by molar-refractivity contribution is 0.0492. The minimum atomic E-state index is -0.730. The maximum absolute atomic E-state index is 15.0. The first-order valence-corrected chi connectivity index (χ1v) is 12.4. The summed E-state index contributed by atoms with van der Waals surface area (Å²) in [7, 11) is 1.50. The summed E-state index contributed by atoms with van der Waals surface area (Å²) in [6.07, 6.45) is 3.59. The van der Waals surface area contributed by atoms with Gasteiger partial charge in [0, 0.05) is 19.2 Å². The highest BCUT2D eigenvalue weighted by Crippen LogP contribution is 2.34. The number of anilines is 3. The van der Waals surface area contributed by atoms with Gasteiger partial charge < -0.3 is 30.2 Å². The molecule has 1 aliphatic carbocycles. The number of hydrogen-bond acceptors (Lipinski definition) is 9. The molecule has 10 nitrogen and oxygen atoms in total. The molecule has 38 heavy (non-hydrogen) atoms. The van der Waals surface area contributed by atoms with Crippen LogP contribution in [0.15, 0.2) is 18.3 Å². The molecule has 12 heteroatoms. The lowest BCUT2D eigenvalue weighted by Crippen LogP contribution is -2.51. The molecule has 0 unspecified atom stereocenters. The van der Waals surface area contributed by atoms with Gasteiger partial charge in [-0.15, -0.1) is 0 Å². The number of hydrogen-bond donors (Lipinski definition) is 3. The zero-order chi connectivity index (χ0) is 27.9. The maximum Gasteiger partial charge on any atom is 0.407 e. The molecule has 3 rings (SSSR count). The molecular weight excluding hydrogens is 498 g/mol. The molecule has 2 aromatic heterocycles. The number of nitrogens with one attached hydrogen (secondary N) is 3. The quantitative estimate of drug-likeness (QED) is 0.346. The number of aromatic nitrogens is 2. The number of carbonyl (C=O) groups excluding carboxylic acids is 1. The fourth-order valence-corrected chi connectivity index (χ4v) is 3.92. The van der Waals surface area contributed by atoms with Gasteiger partial charge in [-0.25, -0.2) is 23.5 Å². The van der Waals surface area contributed by atoms with E-state index in [1.54, 1.807) is 20.8 Å². The Bertz CT molecular complexity index is 1160. The van der Waals surface area contributed by atoms with E-state index >= 15 is 0 Å². The standard InChI is InChI=1S/C26H34F2N6O4/c1-15(31-25(35)38-26(2,3)4)21(16-7-6-8-16)33-23-19(27)11-17(13-29)22(34-23)32-18-12-20(28)24(30-14-18)37-10-9-36-5/h11-12,14-16,21H,6-10H2,1-5H3,(H,31,35)(H2,32,33,34)/t15-,21-/m0/s1. The van der Waals surface area contributed by atoms with Crippen LogP contribution in [0.25, 0.3) is 0 Å². The van der Waals surface area contributed by atoms with Gasteiger partial charge in [0.15, 0.2) is 23.3 Å². The third-order valence-electron chi connectivity index (χ3n) is 5.94. The van der Waals surface area contributed by atoms with E-state index in [4.69, 9.17) is 14.2 Å². The molecule has 0 saturated heterocycles. The van der Waals surface area contributed by atoms with E-state index in [0.717, 1.165) is 31.4 Å². The first kappa shape index (κ1) is 28.8. The average Bonchev–Trinajstić information content (AvgIpc) is 2.79. The van der Waals surface area contributed by atoms with Crippen LogP contribution in [0.5, 0.6) is 5.88 Å². The number of alkyl carbamates (subject to hydrolysis) is 1. The first-order chi connectivity index (χ1) is 18.0. The molecule has 206 valence electrons. The molecule has 2 atom stereocenters. The largest absolute Gasteiger partial charge is 0.473 e. The van der Waals surface area contributed by atoms with Crippen molar-refractivity contribution >= 4 is 23.4 Å². The molecule has 1 amide bonds. The highest BCUT2D eigenvalue weighted by atomic mass is 19.1. The fraction of sp³-hybridized carbons (Fsp3) is 0.538. The van der Waals surface area contributed by atoms with Crippen LogP contribution >= 0.6 is 0 Å². The second kappa shape index (κ2) is 12.7. The summed E-state index contributed by atoms with van der Waals surface area (Å²) in [6, 6.07) is 3.33. The number of halogens is 2. The lowest BCUT2D eigenvalue weighted by Gasteiger charge is -2.38. The molecule has 0 bridgehead atoms. The maximum atomic E-state index is 15.0. The fourth-order valence-electron chi connectivity index (χ4n) is 3.92. The smallest absolute Gasteiger partial charge is 0.407 e. The summed E-state index contributed by atoms with van der Waals surface area (Å²) in [5.74, 6) is -1.56. The van der Waals surface area contributed by atoms with E-state index in [-0.39, 0.29) is 53.9 Å². The second-order valence-corrected chi connectivity index (χ2v) is 10.1. The predicted octanol–water partition coefficient (Wildman–Crippen LogP) is 4.89. The average molecular weight is 533 g/mol. The Morgan fingerprint density at radius 2 is 1.95 bits per heavy atom. The van der Waals surface area contributed by atoms with E-state index in [1.807, 2.05) is 13.0 Å². The van der Waals surface area contributed by atoms with Crippen molar-refractivity contribution in [1.82, 2.24) is 15.3 Å². The number of methoxy groups -OCH3 is 1. The normalized spacial score (nSPS) is 15.0. The zero-order valence-corrected chi connectivity index (χ0v) is 22.2. The van der Waals surface area contributed by atoms with Gasteiger partial charge in [-0.05, 0) is 52.5 Å². The van der Waals surface area contributed by atoms with Gasteiger partial charge in [0.1, 0.15) is 18.3 Å². The Hall–Kier alpha value is -3.72. The number of ether oxygens (including phenoxy) is 3. The van der Waals surface area contributed by atoms with Gasteiger partial charge >= 0.3 is 6.09 Å². The number of nitriles is 1. The summed E-state index contributed by atoms with van der Waals surface area (Å²) in [5, 5.41) is 18.3. The SMILES string of the molecule is COCCOc1ncc(Nc2nc(N[C@H](C3CCC3)[C@H](C)NC(=O)OC(C)(C)C)c(F)cc2C#N)cc1F. The van der Waals surface area contributed by atoms with Crippen molar-refractivity contribution in [2.45, 2.75) is 64.6 Å². The Morgan fingerprint density at radius 1 is 1.21 bits per heavy atom. The third kappa shape index (κ3) is 7.89. The minimum Gasteiger partial charge on any atom is -0.473 e. The van der Waals surface area contributed by atoms with E-state index in [9.17, 15) is 18.8 Å². The molecule has 0 spiro atoms. The molecule has 1 aliphatic rings. The Balaban J connectivity index is 1.80. The van der Waals surface area contributed by atoms with Crippen LogP contribution in [0.2, 0.25) is 0 Å². The van der Waals surface area contributed by atoms with Crippen molar-refractivity contribution in [2.24, 2.45) is 5.92 Å². The van der Waals surface area contributed by atoms with Gasteiger partial charge in [0.05, 0.1) is 30.1 Å². The summed E-state index contributed by atoms with van der Waals surface area (Å²) in [6.45, 7) is 7.53. The molecule has 0 aliphatic heterocycles. The van der Waals surface area contributed by atoms with Crippen LogP contribution in [-0.4, -0.2) is 54.1 Å². The van der Waals surface area contributed by atoms with Crippen molar-refractivity contribution < 1.29 is 27.8 Å². The Morgan fingerprint density at radius 3 is 2.53 bits per heavy atom. The van der Waals surface area contributed by atoms with E-state index in [1.165, 1.54) is 13.3 Å². The summed E-state index contributed by atoms with van der Waals surface area (Å²) < 4.78 is 44.9. The first-order valence-electron chi connectivity index (χ1n) is 12.4. The van der Waals surface area contributed by atoms with Crippen LogP contribution in [0.1, 0.15) is 52.5 Å². The highest BCUT2D eigenvalue weighted by molar-refractivity contribution is 5.68. The number of nitrogens with zero attached hydrogens (tertiary/aromatic N) is 3. The zero-order valence-electron chi connectivity index (χ0n) is 22.2. The van der Waals surface area contributed by atoms with Crippen molar-refractivity contribution in [1.29, 1.82) is 5.26 Å². The van der Waals surface area contributed by atoms with Gasteiger partial charge in [-0.1, -0.05) is 6.42 Å². The van der Waals surface area contributed by atoms with Crippen molar-refractivity contribution in [3.05, 3.63) is 35.5 Å². The van der Waals surface area contributed by atoms with Crippen LogP contribution in [0, 0.1) is 28.9 Å². The Kier molecular flexibility index (Phi) is 9.63. The number of rotatable bonds is 11. The van der Waals surface area contributed by atoms with Gasteiger partial charge in [-0.3, -0.25) is 0 Å². The van der Waals surface area contributed by atoms with E-state index in [2.05, 4.69) is 25.9 Å². The molecule has 0 radical (unpaired) electrons. The Labute approximate surface area is 221 Å². The molecule has 2 heterocycles. The van der Waals surface area contributed by atoms with Crippen LogP contribution in [-0.2, 0) is 9.47 Å². The topological polar surface area (TPSA) is 130 Å². The number of amides is 1. The number of pyridine rings is 2. The van der Waals surface area contributed by atoms with E-state index in [0.29, 0.717) is 0 Å². The molecule has 1 saturated carbocycles. The molecular formula is C26H34F2N6O4. The minimum absolute atomic E-state index is 0.0192. The van der Waals surface area contributed by atoms with Gasteiger partial charge in [-0.2, -0.15) is 5.26 Å². The van der Waals surface area contributed by atoms with Crippen molar-refractivity contribution in [3.8, 4) is 11.9 Å². The van der Waals surface area contributed by atoms with Crippen LogP contribution in [0.4, 0.5) is 30.9 Å². The molecule has 2 aromatic rings. The van der Waals surface area contributed by atoms with Gasteiger partial charge in [0.25, 0.3) is 5.88 Å². The van der Waals surface area contributed by atoms with E-state index < -0.39 is 29.4 Å². The van der Waals surface area contributed by atoms with Crippen LogP contribution < -0.4 is 20.7 Å². The number of carbonyl (C=O) groups is 1. The van der Waals surface area contributed by atoms with Crippen molar-refractivity contribution in [3.63, 3.8) is 0 Å². The predicted molar refractivity (Wildman–Crippen MR) is 137 cm³/mol. The monoisotopic (exact) mass is 532 g/mol. The summed E-state index contributed by atoms with van der Waals surface area (Å²) in [4.78, 5) is 20.6.